The van der Waals surface area contributed by atoms with Crippen molar-refractivity contribution in [1.29, 1.82) is 5.26 Å². The SMILES string of the molecule is N#Cc1cc(F)ccc1NCCc1ccccc1[N+](=O)[O-]. The van der Waals surface area contributed by atoms with E-state index in [0.717, 1.165) is 6.07 Å². The van der Waals surface area contributed by atoms with Crippen molar-refractivity contribution in [2.45, 2.75) is 6.42 Å². The van der Waals surface area contributed by atoms with Crippen LogP contribution < -0.4 is 5.32 Å². The summed E-state index contributed by atoms with van der Waals surface area (Å²) in [5.74, 6) is -0.476. The molecule has 0 aliphatic rings. The predicted molar refractivity (Wildman–Crippen MR) is 76.4 cm³/mol. The van der Waals surface area contributed by atoms with Crippen molar-refractivity contribution >= 4 is 11.4 Å². The average Bonchev–Trinajstić information content (AvgIpc) is 2.49. The van der Waals surface area contributed by atoms with Crippen LogP contribution in [-0.2, 0) is 6.42 Å². The van der Waals surface area contributed by atoms with Crippen LogP contribution >= 0.6 is 0 Å². The van der Waals surface area contributed by atoms with Crippen LogP contribution in [0.1, 0.15) is 11.1 Å². The van der Waals surface area contributed by atoms with Crippen LogP contribution in [-0.4, -0.2) is 11.5 Å². The van der Waals surface area contributed by atoms with Gasteiger partial charge < -0.3 is 5.32 Å². The number of hydrogen-bond donors (Lipinski definition) is 1. The van der Waals surface area contributed by atoms with Crippen molar-refractivity contribution in [2.75, 3.05) is 11.9 Å². The lowest BCUT2D eigenvalue weighted by Gasteiger charge is -2.08. The molecule has 0 saturated carbocycles. The van der Waals surface area contributed by atoms with Crippen LogP contribution in [0, 0.1) is 27.3 Å². The van der Waals surface area contributed by atoms with Gasteiger partial charge in [-0.1, -0.05) is 18.2 Å². The highest BCUT2D eigenvalue weighted by Gasteiger charge is 2.11. The molecule has 2 aromatic carbocycles. The van der Waals surface area contributed by atoms with Gasteiger partial charge in [0.1, 0.15) is 11.9 Å². The van der Waals surface area contributed by atoms with Crippen molar-refractivity contribution < 1.29 is 9.31 Å². The summed E-state index contributed by atoms with van der Waals surface area (Å²) < 4.78 is 13.0. The molecule has 5 nitrogen and oxygen atoms in total. The molecule has 0 fully saturated rings. The summed E-state index contributed by atoms with van der Waals surface area (Å²) in [5.41, 5.74) is 1.39. The van der Waals surface area contributed by atoms with Gasteiger partial charge in [-0.05, 0) is 24.6 Å². The van der Waals surface area contributed by atoms with Gasteiger partial charge in [0.05, 0.1) is 16.2 Å². The number of nitriles is 1. The van der Waals surface area contributed by atoms with Crippen LogP contribution in [0.2, 0.25) is 0 Å². The zero-order valence-corrected chi connectivity index (χ0v) is 11.0. The normalized spacial score (nSPS) is 9.90. The molecule has 0 saturated heterocycles. The highest BCUT2D eigenvalue weighted by atomic mass is 19.1. The maximum Gasteiger partial charge on any atom is 0.272 e. The second-order valence-corrected chi connectivity index (χ2v) is 4.36. The minimum absolute atomic E-state index is 0.0684. The van der Waals surface area contributed by atoms with Crippen LogP contribution in [0.3, 0.4) is 0 Å². The van der Waals surface area contributed by atoms with E-state index in [1.165, 1.54) is 18.2 Å². The molecule has 0 radical (unpaired) electrons. The van der Waals surface area contributed by atoms with E-state index in [2.05, 4.69) is 5.32 Å². The monoisotopic (exact) mass is 285 g/mol. The Morgan fingerprint density at radius 2 is 2.05 bits per heavy atom. The van der Waals surface area contributed by atoms with E-state index in [-0.39, 0.29) is 11.3 Å². The second kappa shape index (κ2) is 6.48. The molecule has 6 heteroatoms. The van der Waals surface area contributed by atoms with Gasteiger partial charge in [0.15, 0.2) is 0 Å². The molecule has 0 bridgehead atoms. The predicted octanol–water partition coefficient (Wildman–Crippen LogP) is 3.26. The first-order valence-corrected chi connectivity index (χ1v) is 6.27. The fraction of sp³-hybridized carbons (Fsp3) is 0.133. The van der Waals surface area contributed by atoms with Crippen LogP contribution in [0.5, 0.6) is 0 Å². The van der Waals surface area contributed by atoms with Crippen LogP contribution in [0.15, 0.2) is 42.5 Å². The molecule has 0 spiro atoms. The maximum atomic E-state index is 13.0. The zero-order valence-electron chi connectivity index (χ0n) is 11.0. The van der Waals surface area contributed by atoms with Gasteiger partial charge in [-0.2, -0.15) is 5.26 Å². The number of nitro benzene ring substituents is 1. The molecule has 21 heavy (non-hydrogen) atoms. The number of para-hydroxylation sites is 1. The summed E-state index contributed by atoms with van der Waals surface area (Å²) in [6.07, 6.45) is 0.430. The number of hydrogen-bond acceptors (Lipinski definition) is 4. The fourth-order valence-electron chi connectivity index (χ4n) is 2.00. The minimum Gasteiger partial charge on any atom is -0.384 e. The number of nitrogens with zero attached hydrogens (tertiary/aromatic N) is 2. The third kappa shape index (κ3) is 3.54. The van der Waals surface area contributed by atoms with E-state index < -0.39 is 10.7 Å². The van der Waals surface area contributed by atoms with E-state index in [4.69, 9.17) is 5.26 Å². The summed E-state index contributed by atoms with van der Waals surface area (Å²) >= 11 is 0. The smallest absolute Gasteiger partial charge is 0.272 e. The first-order valence-electron chi connectivity index (χ1n) is 6.27. The molecule has 2 rings (SSSR count). The van der Waals surface area contributed by atoms with Gasteiger partial charge in [0.25, 0.3) is 5.69 Å². The Balaban J connectivity index is 2.06. The summed E-state index contributed by atoms with van der Waals surface area (Å²) in [6, 6.07) is 12.3. The van der Waals surface area contributed by atoms with Crippen LogP contribution in [0.4, 0.5) is 15.8 Å². The molecule has 106 valence electrons. The summed E-state index contributed by atoms with van der Waals surface area (Å²) in [7, 11) is 0. The maximum absolute atomic E-state index is 13.0. The average molecular weight is 285 g/mol. The topological polar surface area (TPSA) is 79.0 Å². The Labute approximate surface area is 120 Å². The van der Waals surface area contributed by atoms with Crippen molar-refractivity contribution in [3.8, 4) is 6.07 Å². The van der Waals surface area contributed by atoms with Gasteiger partial charge in [-0.15, -0.1) is 0 Å². The molecule has 0 heterocycles. The molecule has 1 N–H and O–H groups in total. The fourth-order valence-corrected chi connectivity index (χ4v) is 2.00. The first kappa shape index (κ1) is 14.5. The molecule has 0 unspecified atom stereocenters. The lowest BCUT2D eigenvalue weighted by atomic mass is 10.1. The summed E-state index contributed by atoms with van der Waals surface area (Å²) in [5, 5.41) is 22.8. The lowest BCUT2D eigenvalue weighted by Crippen LogP contribution is -2.07. The van der Waals surface area contributed by atoms with E-state index in [0.29, 0.717) is 24.2 Å². The Bertz CT molecular complexity index is 710. The Morgan fingerprint density at radius 3 is 2.76 bits per heavy atom. The van der Waals surface area contributed by atoms with Gasteiger partial charge >= 0.3 is 0 Å². The van der Waals surface area contributed by atoms with Gasteiger partial charge in [0.2, 0.25) is 0 Å². The standard InChI is InChI=1S/C15H12FN3O2/c16-13-5-6-14(12(9-13)10-17)18-8-7-11-3-1-2-4-15(11)19(20)21/h1-6,9,18H,7-8H2. The Morgan fingerprint density at radius 1 is 1.29 bits per heavy atom. The minimum atomic E-state index is -0.476. The summed E-state index contributed by atoms with van der Waals surface area (Å²) in [4.78, 5) is 10.5. The van der Waals surface area contributed by atoms with E-state index >= 15 is 0 Å². The first-order chi connectivity index (χ1) is 10.1. The second-order valence-electron chi connectivity index (χ2n) is 4.36. The third-order valence-corrected chi connectivity index (χ3v) is 3.00. The number of nitro groups is 1. The largest absolute Gasteiger partial charge is 0.384 e. The molecule has 0 atom stereocenters. The number of nitrogens with one attached hydrogen (secondary N) is 1. The van der Waals surface area contributed by atoms with E-state index in [1.54, 1.807) is 18.2 Å². The number of anilines is 1. The van der Waals surface area contributed by atoms with Crippen molar-refractivity contribution in [2.24, 2.45) is 0 Å². The Kier molecular flexibility index (Phi) is 4.46. The number of rotatable bonds is 5. The molecule has 2 aromatic rings. The van der Waals surface area contributed by atoms with Crippen molar-refractivity contribution in [3.05, 3.63) is 69.5 Å². The molecule has 0 aliphatic heterocycles. The highest BCUT2D eigenvalue weighted by Crippen LogP contribution is 2.19. The van der Waals surface area contributed by atoms with Gasteiger partial charge in [-0.25, -0.2) is 4.39 Å². The molecule has 0 aliphatic carbocycles. The lowest BCUT2D eigenvalue weighted by molar-refractivity contribution is -0.385. The van der Waals surface area contributed by atoms with Gasteiger partial charge in [0, 0.05) is 18.2 Å². The molecule has 0 amide bonds. The van der Waals surface area contributed by atoms with Crippen LogP contribution in [0.25, 0.3) is 0 Å². The third-order valence-electron chi connectivity index (χ3n) is 3.00. The Hall–Kier alpha value is -2.94. The molecular formula is C15H12FN3O2. The number of benzene rings is 2. The summed E-state index contributed by atoms with van der Waals surface area (Å²) in [6.45, 7) is 0.408. The van der Waals surface area contributed by atoms with Crippen molar-refractivity contribution in [1.82, 2.24) is 0 Å². The highest BCUT2D eigenvalue weighted by molar-refractivity contribution is 5.57. The quantitative estimate of drug-likeness (QED) is 0.675. The van der Waals surface area contributed by atoms with E-state index in [1.807, 2.05) is 6.07 Å². The zero-order chi connectivity index (χ0) is 15.2. The van der Waals surface area contributed by atoms with E-state index in [9.17, 15) is 14.5 Å². The number of halogens is 1. The van der Waals surface area contributed by atoms with Gasteiger partial charge in [-0.3, -0.25) is 10.1 Å². The molecular weight excluding hydrogens is 273 g/mol. The molecule has 0 aromatic heterocycles. The van der Waals surface area contributed by atoms with Crippen molar-refractivity contribution in [3.63, 3.8) is 0 Å².